The summed E-state index contributed by atoms with van der Waals surface area (Å²) >= 11 is 1.54. The maximum absolute atomic E-state index is 13.6. The minimum absolute atomic E-state index is 0.00785. The fourth-order valence-electron chi connectivity index (χ4n) is 4.19. The fraction of sp³-hybridized carbons (Fsp3) is 0.750. The molecule has 17 heteroatoms. The molecule has 0 spiro atoms. The number of nitrogens with one attached hydrogen (secondary N) is 4. The molecule has 0 aliphatic heterocycles. The van der Waals surface area contributed by atoms with E-state index in [0.717, 1.165) is 0 Å². The number of amides is 5. The Bertz CT molecular complexity index is 1020. The number of aliphatic carboxylic acids is 1. The molecular formula is C28H53N9O7S. The zero-order valence-electron chi connectivity index (χ0n) is 27.0. The number of carboxylic acid groups (broad SMARTS) is 1. The van der Waals surface area contributed by atoms with E-state index in [1.807, 2.05) is 34.0 Å². The van der Waals surface area contributed by atoms with Gasteiger partial charge in [0.25, 0.3) is 0 Å². The number of aliphatic imine (C=N–C) groups is 1. The first-order valence-corrected chi connectivity index (χ1v) is 16.4. The number of nitrogens with two attached hydrogens (primary N) is 4. The Morgan fingerprint density at radius 2 is 1.18 bits per heavy atom. The summed E-state index contributed by atoms with van der Waals surface area (Å²) in [4.78, 5) is 79.6. The molecule has 0 aromatic carbocycles. The molecule has 0 heterocycles. The van der Waals surface area contributed by atoms with Crippen LogP contribution in [-0.4, -0.2) is 95.3 Å². The Balaban J connectivity index is 6.02. The van der Waals surface area contributed by atoms with Crippen molar-refractivity contribution < 1.29 is 33.9 Å². The molecule has 13 N–H and O–H groups in total. The van der Waals surface area contributed by atoms with Crippen molar-refractivity contribution in [1.82, 2.24) is 21.3 Å². The quantitative estimate of drug-likeness (QED) is 0.0346. The summed E-state index contributed by atoms with van der Waals surface area (Å²) in [5, 5.41) is 19.9. The largest absolute Gasteiger partial charge is 0.480 e. The second-order valence-corrected chi connectivity index (χ2v) is 12.7. The molecule has 0 fully saturated rings. The van der Waals surface area contributed by atoms with E-state index in [1.54, 1.807) is 0 Å². The zero-order valence-corrected chi connectivity index (χ0v) is 27.8. The molecule has 45 heavy (non-hydrogen) atoms. The number of primary amides is 1. The van der Waals surface area contributed by atoms with E-state index in [-0.39, 0.29) is 62.9 Å². The van der Waals surface area contributed by atoms with E-state index in [1.165, 1.54) is 11.8 Å². The van der Waals surface area contributed by atoms with Crippen LogP contribution in [0, 0.1) is 11.8 Å². The maximum Gasteiger partial charge on any atom is 0.326 e. The number of nitrogens with zero attached hydrogens (tertiary/aromatic N) is 1. The smallest absolute Gasteiger partial charge is 0.326 e. The standard InChI is InChI=1S/C28H53N9O7S/c1-15(2)13-20(36-23(39)17(29)10-12-45-5)25(41)34-18(7-6-11-33-28(31)32)24(40)37-21(14-16(3)4)26(42)35-19(27(43)44)8-9-22(30)38/h15-21H,6-14,29H2,1-5H3,(H2,30,38)(H,34,41)(H,35,42)(H,36,39)(H,37,40)(H,43,44)(H4,31,32,33)/t17-,18-,19-,20-,21-/m0/s1. The van der Waals surface area contributed by atoms with Crippen molar-refractivity contribution >= 4 is 53.2 Å². The van der Waals surface area contributed by atoms with Gasteiger partial charge < -0.3 is 49.3 Å². The van der Waals surface area contributed by atoms with Gasteiger partial charge in [0.15, 0.2) is 5.96 Å². The van der Waals surface area contributed by atoms with Crippen molar-refractivity contribution in [1.29, 1.82) is 0 Å². The molecule has 258 valence electrons. The third-order valence-corrected chi connectivity index (χ3v) is 7.17. The van der Waals surface area contributed by atoms with E-state index in [4.69, 9.17) is 22.9 Å². The van der Waals surface area contributed by atoms with Gasteiger partial charge in [-0.15, -0.1) is 0 Å². The van der Waals surface area contributed by atoms with Gasteiger partial charge in [-0.3, -0.25) is 29.0 Å². The van der Waals surface area contributed by atoms with E-state index in [2.05, 4.69) is 26.3 Å². The van der Waals surface area contributed by atoms with Crippen LogP contribution >= 0.6 is 11.8 Å². The van der Waals surface area contributed by atoms with Gasteiger partial charge in [-0.2, -0.15) is 11.8 Å². The van der Waals surface area contributed by atoms with Crippen molar-refractivity contribution in [3.05, 3.63) is 0 Å². The van der Waals surface area contributed by atoms with Gasteiger partial charge in [-0.05, 0) is 62.4 Å². The molecule has 0 saturated heterocycles. The van der Waals surface area contributed by atoms with Gasteiger partial charge in [0.1, 0.15) is 24.2 Å². The van der Waals surface area contributed by atoms with Crippen LogP contribution in [0.1, 0.15) is 72.6 Å². The van der Waals surface area contributed by atoms with E-state index in [9.17, 15) is 33.9 Å². The second-order valence-electron chi connectivity index (χ2n) is 11.7. The van der Waals surface area contributed by atoms with Crippen LogP contribution in [0.3, 0.4) is 0 Å². The highest BCUT2D eigenvalue weighted by Gasteiger charge is 2.32. The number of rotatable bonds is 23. The average molecular weight is 660 g/mol. The molecule has 0 aliphatic carbocycles. The predicted molar refractivity (Wildman–Crippen MR) is 174 cm³/mol. The lowest BCUT2D eigenvalue weighted by molar-refractivity contribution is -0.142. The lowest BCUT2D eigenvalue weighted by Crippen LogP contribution is -2.58. The van der Waals surface area contributed by atoms with Crippen LogP contribution in [0.5, 0.6) is 0 Å². The number of hydrogen-bond acceptors (Lipinski definition) is 9. The minimum atomic E-state index is -1.41. The molecule has 0 rings (SSSR count). The number of hydrogen-bond donors (Lipinski definition) is 9. The van der Waals surface area contributed by atoms with Gasteiger partial charge in [-0.25, -0.2) is 4.79 Å². The maximum atomic E-state index is 13.6. The fourth-order valence-corrected chi connectivity index (χ4v) is 4.68. The van der Waals surface area contributed by atoms with Crippen LogP contribution in [0.2, 0.25) is 0 Å². The van der Waals surface area contributed by atoms with Crippen molar-refractivity contribution in [2.45, 2.75) is 103 Å². The highest BCUT2D eigenvalue weighted by Crippen LogP contribution is 2.11. The number of carbonyl (C=O) groups excluding carboxylic acids is 5. The van der Waals surface area contributed by atoms with Crippen molar-refractivity contribution in [3.63, 3.8) is 0 Å². The predicted octanol–water partition coefficient (Wildman–Crippen LogP) is -1.50. The zero-order chi connectivity index (χ0) is 34.7. The number of carboxylic acids is 1. The first kappa shape index (κ1) is 41.4. The van der Waals surface area contributed by atoms with E-state index < -0.39 is 65.7 Å². The summed E-state index contributed by atoms with van der Waals surface area (Å²) in [6, 6.07) is -5.52. The van der Waals surface area contributed by atoms with Gasteiger partial charge in [0.05, 0.1) is 6.04 Å². The Kier molecular flexibility index (Phi) is 20.2. The average Bonchev–Trinajstić information content (AvgIpc) is 2.93. The third-order valence-electron chi connectivity index (χ3n) is 6.52. The summed E-state index contributed by atoms with van der Waals surface area (Å²) in [5.74, 6) is -4.24. The van der Waals surface area contributed by atoms with Crippen molar-refractivity contribution in [3.8, 4) is 0 Å². The molecular weight excluding hydrogens is 606 g/mol. The summed E-state index contributed by atoms with van der Waals surface area (Å²) in [5.41, 5.74) is 21.9. The summed E-state index contributed by atoms with van der Waals surface area (Å²) < 4.78 is 0. The second kappa shape index (κ2) is 22.0. The molecule has 0 unspecified atom stereocenters. The first-order valence-electron chi connectivity index (χ1n) is 15.0. The Hall–Kier alpha value is -3.60. The molecule has 0 bridgehead atoms. The highest BCUT2D eigenvalue weighted by molar-refractivity contribution is 7.98. The lowest BCUT2D eigenvalue weighted by Gasteiger charge is -2.27. The van der Waals surface area contributed by atoms with Gasteiger partial charge in [0.2, 0.25) is 29.5 Å². The summed E-state index contributed by atoms with van der Waals surface area (Å²) in [7, 11) is 0. The van der Waals surface area contributed by atoms with Crippen molar-refractivity contribution in [2.75, 3.05) is 18.6 Å². The Morgan fingerprint density at radius 3 is 1.62 bits per heavy atom. The first-order chi connectivity index (χ1) is 21.0. The molecule has 5 amide bonds. The van der Waals surface area contributed by atoms with Crippen LogP contribution in [0.4, 0.5) is 0 Å². The highest BCUT2D eigenvalue weighted by atomic mass is 32.2. The van der Waals surface area contributed by atoms with E-state index >= 15 is 0 Å². The Morgan fingerprint density at radius 1 is 0.711 bits per heavy atom. The van der Waals surface area contributed by atoms with Crippen molar-refractivity contribution in [2.24, 2.45) is 39.8 Å². The topological polar surface area (TPSA) is 287 Å². The molecule has 0 saturated carbocycles. The summed E-state index contributed by atoms with van der Waals surface area (Å²) in [6.07, 6.45) is 2.60. The van der Waals surface area contributed by atoms with E-state index in [0.29, 0.717) is 12.2 Å². The molecule has 0 aromatic rings. The van der Waals surface area contributed by atoms with Crippen LogP contribution in [-0.2, 0) is 28.8 Å². The van der Waals surface area contributed by atoms with Crippen LogP contribution in [0.25, 0.3) is 0 Å². The molecule has 0 aromatic heterocycles. The molecule has 0 aliphatic rings. The molecule has 0 radical (unpaired) electrons. The molecule has 5 atom stereocenters. The SMILES string of the molecule is CSCC[C@H](N)C(=O)N[C@@H](CC(C)C)C(=O)N[C@@H](CCCN=C(N)N)C(=O)N[C@@H](CC(C)C)C(=O)N[C@@H](CCC(N)=O)C(=O)O. The number of carbonyl (C=O) groups is 6. The normalized spacial score (nSPS) is 14.4. The van der Waals surface area contributed by atoms with Crippen LogP contribution in [0.15, 0.2) is 4.99 Å². The van der Waals surface area contributed by atoms with Crippen LogP contribution < -0.4 is 44.2 Å². The monoisotopic (exact) mass is 659 g/mol. The molecule has 16 nitrogen and oxygen atoms in total. The Labute approximate surface area is 269 Å². The van der Waals surface area contributed by atoms with Gasteiger partial charge in [-0.1, -0.05) is 27.7 Å². The third kappa shape index (κ3) is 18.7. The van der Waals surface area contributed by atoms with Gasteiger partial charge >= 0.3 is 5.97 Å². The lowest BCUT2D eigenvalue weighted by atomic mass is 10.00. The van der Waals surface area contributed by atoms with Gasteiger partial charge in [0, 0.05) is 13.0 Å². The summed E-state index contributed by atoms with van der Waals surface area (Å²) in [6.45, 7) is 7.54. The number of thioether (sulfide) groups is 1. The number of guanidine groups is 1. The minimum Gasteiger partial charge on any atom is -0.480 e.